The van der Waals surface area contributed by atoms with E-state index in [-0.39, 0.29) is 0 Å². The van der Waals surface area contributed by atoms with Crippen LogP contribution >= 0.6 is 11.3 Å². The zero-order valence-electron chi connectivity index (χ0n) is 16.1. The maximum absolute atomic E-state index is 5.59. The molecule has 2 heterocycles. The van der Waals surface area contributed by atoms with Gasteiger partial charge in [0.1, 0.15) is 6.26 Å². The Hall–Kier alpha value is -2.67. The normalized spacial score (nSPS) is 11.8. The van der Waals surface area contributed by atoms with Crippen LogP contribution in [-0.4, -0.2) is 23.0 Å². The molecule has 0 atom stereocenters. The Balaban J connectivity index is 1.52. The molecule has 6 nitrogen and oxygen atoms in total. The van der Waals surface area contributed by atoms with E-state index >= 15 is 0 Å². The average molecular weight is 384 g/mol. The molecule has 3 rings (SSSR count). The van der Waals surface area contributed by atoms with Crippen molar-refractivity contribution in [3.63, 3.8) is 0 Å². The van der Waals surface area contributed by atoms with Crippen molar-refractivity contribution in [2.24, 2.45) is 4.99 Å². The molecule has 0 fully saturated rings. The Kier molecular flexibility index (Phi) is 6.24. The number of guanidine groups is 1. The summed E-state index contributed by atoms with van der Waals surface area (Å²) in [7, 11) is 1.75. The van der Waals surface area contributed by atoms with Gasteiger partial charge in [-0.15, -0.1) is 11.3 Å². The van der Waals surface area contributed by atoms with Crippen molar-refractivity contribution in [1.82, 2.24) is 20.6 Å². The van der Waals surface area contributed by atoms with E-state index in [1.807, 2.05) is 24.3 Å². The second-order valence-corrected chi connectivity index (χ2v) is 7.51. The lowest BCUT2D eigenvalue weighted by atomic mass is 10.1. The van der Waals surface area contributed by atoms with Crippen LogP contribution < -0.4 is 10.6 Å². The van der Waals surface area contributed by atoms with Crippen molar-refractivity contribution >= 4 is 17.3 Å². The van der Waals surface area contributed by atoms with Crippen molar-refractivity contribution in [2.75, 3.05) is 7.05 Å². The summed E-state index contributed by atoms with van der Waals surface area (Å²) >= 11 is 1.69. The first-order valence-corrected chi connectivity index (χ1v) is 9.83. The molecule has 0 aliphatic carbocycles. The summed E-state index contributed by atoms with van der Waals surface area (Å²) in [6.45, 7) is 7.53. The van der Waals surface area contributed by atoms with Crippen LogP contribution in [0.15, 0.2) is 45.3 Å². The van der Waals surface area contributed by atoms with Crippen molar-refractivity contribution in [1.29, 1.82) is 0 Å². The fraction of sp³-hybridized carbons (Fsp3) is 0.350. The van der Waals surface area contributed by atoms with Crippen LogP contribution in [0.5, 0.6) is 0 Å². The molecule has 142 valence electrons. The second kappa shape index (κ2) is 8.81. The highest BCUT2D eigenvalue weighted by Crippen LogP contribution is 2.20. The number of nitrogens with one attached hydrogen (secondary N) is 2. The van der Waals surface area contributed by atoms with Crippen molar-refractivity contribution < 1.29 is 4.42 Å². The lowest BCUT2D eigenvalue weighted by Gasteiger charge is -2.09. The molecule has 2 aromatic heterocycles. The van der Waals surface area contributed by atoms with Gasteiger partial charge in [-0.2, -0.15) is 0 Å². The van der Waals surface area contributed by atoms with Gasteiger partial charge in [0, 0.05) is 23.9 Å². The predicted molar refractivity (Wildman–Crippen MR) is 110 cm³/mol. The van der Waals surface area contributed by atoms with Gasteiger partial charge in [-0.1, -0.05) is 31.5 Å². The molecule has 2 N–H and O–H groups in total. The summed E-state index contributed by atoms with van der Waals surface area (Å²) in [4.78, 5) is 13.4. The molecule has 0 bridgehead atoms. The maximum Gasteiger partial charge on any atom is 0.226 e. The number of hydrogen-bond acceptors (Lipinski definition) is 5. The minimum atomic E-state index is 0.455. The van der Waals surface area contributed by atoms with E-state index in [9.17, 15) is 0 Å². The fourth-order valence-corrected chi connectivity index (χ4v) is 3.29. The van der Waals surface area contributed by atoms with Crippen LogP contribution in [0.4, 0.5) is 0 Å². The number of benzene rings is 1. The molecule has 0 amide bonds. The number of aromatic nitrogens is 2. The molecule has 0 saturated heterocycles. The maximum atomic E-state index is 5.59. The fourth-order valence-electron chi connectivity index (χ4n) is 2.46. The number of aliphatic imine (C=N–C) groups is 1. The van der Waals surface area contributed by atoms with E-state index in [1.54, 1.807) is 24.6 Å². The van der Waals surface area contributed by atoms with Crippen LogP contribution in [0, 0.1) is 6.92 Å². The molecule has 0 unspecified atom stereocenters. The van der Waals surface area contributed by atoms with Crippen LogP contribution in [0.1, 0.15) is 41.7 Å². The van der Waals surface area contributed by atoms with Crippen molar-refractivity contribution in [3.8, 4) is 11.5 Å². The monoisotopic (exact) mass is 383 g/mol. The average Bonchev–Trinajstić information content (AvgIpc) is 3.32. The summed E-state index contributed by atoms with van der Waals surface area (Å²) < 4.78 is 5.59. The number of hydrogen-bond donors (Lipinski definition) is 2. The highest BCUT2D eigenvalue weighted by Gasteiger charge is 2.09. The Morgan fingerprint density at radius 1 is 1.11 bits per heavy atom. The molecule has 1 aromatic carbocycles. The van der Waals surface area contributed by atoms with E-state index in [2.05, 4.69) is 51.7 Å². The topological polar surface area (TPSA) is 75.3 Å². The van der Waals surface area contributed by atoms with Gasteiger partial charge in [0.2, 0.25) is 5.89 Å². The van der Waals surface area contributed by atoms with Gasteiger partial charge in [0.25, 0.3) is 0 Å². The number of rotatable bonds is 6. The summed E-state index contributed by atoms with van der Waals surface area (Å²) in [6.07, 6.45) is 1.67. The van der Waals surface area contributed by atoms with Gasteiger partial charge >= 0.3 is 0 Å². The first-order chi connectivity index (χ1) is 13.0. The highest BCUT2D eigenvalue weighted by atomic mass is 32.1. The molecule has 27 heavy (non-hydrogen) atoms. The third-order valence-corrected chi connectivity index (χ3v) is 5.21. The van der Waals surface area contributed by atoms with Gasteiger partial charge in [0.05, 0.1) is 29.5 Å². The number of oxazole rings is 1. The van der Waals surface area contributed by atoms with Gasteiger partial charge in [-0.3, -0.25) is 4.99 Å². The SMILES string of the molecule is CN=C(NCc1coc(-c2ccc(C)cc2)n1)NCc1csc(C(C)C)n1. The lowest BCUT2D eigenvalue weighted by Crippen LogP contribution is -2.36. The molecule has 0 radical (unpaired) electrons. The first-order valence-electron chi connectivity index (χ1n) is 8.95. The quantitative estimate of drug-likeness (QED) is 0.495. The standard InChI is InChI=1S/C20H25N5OS/c1-13(2)19-25-17(12-27-19)10-23-20(21-4)22-9-16-11-26-18(24-16)15-7-5-14(3)6-8-15/h5-8,11-13H,9-10H2,1-4H3,(H2,21,22,23). The molecule has 0 spiro atoms. The number of aryl methyl sites for hydroxylation is 1. The van der Waals surface area contributed by atoms with E-state index in [0.29, 0.717) is 30.9 Å². The zero-order chi connectivity index (χ0) is 19.2. The zero-order valence-corrected chi connectivity index (χ0v) is 16.9. The summed E-state index contributed by atoms with van der Waals surface area (Å²) in [6, 6.07) is 8.12. The molecule has 7 heteroatoms. The van der Waals surface area contributed by atoms with Crippen LogP contribution in [0.25, 0.3) is 11.5 Å². The molecular weight excluding hydrogens is 358 g/mol. The third-order valence-electron chi connectivity index (χ3n) is 4.01. The van der Waals surface area contributed by atoms with Crippen LogP contribution in [-0.2, 0) is 13.1 Å². The molecule has 3 aromatic rings. The smallest absolute Gasteiger partial charge is 0.226 e. The summed E-state index contributed by atoms with van der Waals surface area (Å²) in [5.41, 5.74) is 4.03. The van der Waals surface area contributed by atoms with E-state index in [0.717, 1.165) is 22.0 Å². The largest absolute Gasteiger partial charge is 0.444 e. The van der Waals surface area contributed by atoms with Crippen molar-refractivity contribution in [2.45, 2.75) is 39.8 Å². The van der Waals surface area contributed by atoms with Gasteiger partial charge in [-0.25, -0.2) is 9.97 Å². The Labute approximate surface area is 163 Å². The number of nitrogens with zero attached hydrogens (tertiary/aromatic N) is 3. The summed E-state index contributed by atoms with van der Waals surface area (Å²) in [5, 5.41) is 9.77. The van der Waals surface area contributed by atoms with E-state index in [1.165, 1.54) is 5.56 Å². The number of thiazole rings is 1. The minimum Gasteiger partial charge on any atom is -0.444 e. The van der Waals surface area contributed by atoms with Gasteiger partial charge < -0.3 is 15.1 Å². The molecule has 0 aliphatic rings. The van der Waals surface area contributed by atoms with Crippen LogP contribution in [0.3, 0.4) is 0 Å². The molecular formula is C20H25N5OS. The minimum absolute atomic E-state index is 0.455. The Bertz CT molecular complexity index is 895. The first kappa shape index (κ1) is 19.1. The highest BCUT2D eigenvalue weighted by molar-refractivity contribution is 7.09. The van der Waals surface area contributed by atoms with E-state index < -0.39 is 0 Å². The van der Waals surface area contributed by atoms with Gasteiger partial charge in [-0.05, 0) is 19.1 Å². The predicted octanol–water partition coefficient (Wildman–Crippen LogP) is 4.10. The third kappa shape index (κ3) is 5.17. The molecule has 0 aliphatic heterocycles. The Morgan fingerprint density at radius 2 is 1.81 bits per heavy atom. The second-order valence-electron chi connectivity index (χ2n) is 6.62. The van der Waals surface area contributed by atoms with E-state index in [4.69, 9.17) is 4.42 Å². The molecule has 0 saturated carbocycles. The van der Waals surface area contributed by atoms with Gasteiger partial charge in [0.15, 0.2) is 5.96 Å². The summed E-state index contributed by atoms with van der Waals surface area (Å²) in [5.74, 6) is 1.78. The van der Waals surface area contributed by atoms with Crippen molar-refractivity contribution in [3.05, 3.63) is 57.9 Å². The van der Waals surface area contributed by atoms with Crippen LogP contribution in [0.2, 0.25) is 0 Å². The lowest BCUT2D eigenvalue weighted by molar-refractivity contribution is 0.572. The Morgan fingerprint density at radius 3 is 2.44 bits per heavy atom.